The van der Waals surface area contributed by atoms with Gasteiger partial charge in [0.15, 0.2) is 5.69 Å². The van der Waals surface area contributed by atoms with E-state index in [4.69, 9.17) is 11.6 Å². The number of benzene rings is 2. The zero-order valence-corrected chi connectivity index (χ0v) is 19.8. The van der Waals surface area contributed by atoms with Gasteiger partial charge in [0, 0.05) is 35.1 Å². The van der Waals surface area contributed by atoms with Gasteiger partial charge in [0.2, 0.25) is 5.43 Å². The first kappa shape index (κ1) is 23.2. The Morgan fingerprint density at radius 3 is 2.55 bits per heavy atom. The van der Waals surface area contributed by atoms with Crippen LogP contribution in [0.3, 0.4) is 0 Å². The number of carbonyl (C=O) groups is 1. The second-order valence-corrected chi connectivity index (χ2v) is 9.14. The molecule has 0 aliphatic heterocycles. The summed E-state index contributed by atoms with van der Waals surface area (Å²) < 4.78 is 1.58. The second-order valence-electron chi connectivity index (χ2n) is 8.71. The zero-order chi connectivity index (χ0) is 23.4. The summed E-state index contributed by atoms with van der Waals surface area (Å²) in [5, 5.41) is 7.89. The number of anilines is 1. The molecule has 1 aliphatic carbocycles. The van der Waals surface area contributed by atoms with Crippen molar-refractivity contribution in [3.8, 4) is 5.69 Å². The average Bonchev–Trinajstić information content (AvgIpc) is 2.81. The van der Waals surface area contributed by atoms with Gasteiger partial charge in [0.1, 0.15) is 0 Å². The Morgan fingerprint density at radius 1 is 1.12 bits per heavy atom. The third kappa shape index (κ3) is 5.52. The maximum atomic E-state index is 13.1. The van der Waals surface area contributed by atoms with Crippen molar-refractivity contribution >= 4 is 23.2 Å². The number of para-hydroxylation sites is 1. The highest BCUT2D eigenvalue weighted by Gasteiger charge is 2.20. The van der Waals surface area contributed by atoms with Crippen LogP contribution in [0, 0.1) is 6.92 Å². The number of nitrogens with one attached hydrogen (secondary N) is 1. The predicted octanol–water partition coefficient (Wildman–Crippen LogP) is 5.21. The minimum Gasteiger partial charge on any atom is -0.320 e. The second kappa shape index (κ2) is 10.3. The van der Waals surface area contributed by atoms with E-state index in [0.717, 1.165) is 17.8 Å². The largest absolute Gasteiger partial charge is 0.320 e. The quantitative estimate of drug-likeness (QED) is 0.543. The summed E-state index contributed by atoms with van der Waals surface area (Å²) >= 11 is 5.99. The van der Waals surface area contributed by atoms with Gasteiger partial charge in [-0.15, -0.1) is 0 Å². The third-order valence-corrected chi connectivity index (χ3v) is 6.53. The van der Waals surface area contributed by atoms with Crippen LogP contribution in [-0.2, 0) is 6.54 Å². The van der Waals surface area contributed by atoms with E-state index in [1.54, 1.807) is 35.9 Å². The molecule has 4 rings (SSSR count). The lowest BCUT2D eigenvalue weighted by Gasteiger charge is -2.31. The molecule has 0 unspecified atom stereocenters. The Labute approximate surface area is 199 Å². The van der Waals surface area contributed by atoms with Crippen LogP contribution >= 0.6 is 11.6 Å². The van der Waals surface area contributed by atoms with Gasteiger partial charge in [0.25, 0.3) is 5.91 Å². The van der Waals surface area contributed by atoms with Crippen molar-refractivity contribution in [2.45, 2.75) is 51.6 Å². The topological polar surface area (TPSA) is 67.2 Å². The van der Waals surface area contributed by atoms with Gasteiger partial charge in [-0.2, -0.15) is 5.10 Å². The molecule has 1 N–H and O–H groups in total. The summed E-state index contributed by atoms with van der Waals surface area (Å²) in [4.78, 5) is 28.1. The molecule has 0 saturated heterocycles. The van der Waals surface area contributed by atoms with Crippen LogP contribution in [0.4, 0.5) is 5.69 Å². The van der Waals surface area contributed by atoms with E-state index in [0.29, 0.717) is 22.4 Å². The van der Waals surface area contributed by atoms with Crippen molar-refractivity contribution in [2.24, 2.45) is 0 Å². The van der Waals surface area contributed by atoms with E-state index >= 15 is 0 Å². The average molecular weight is 465 g/mol. The molecule has 0 radical (unpaired) electrons. The molecular formula is C26H29ClN4O2. The first-order chi connectivity index (χ1) is 15.9. The molecule has 1 heterocycles. The van der Waals surface area contributed by atoms with Gasteiger partial charge in [-0.05, 0) is 62.7 Å². The van der Waals surface area contributed by atoms with Crippen LogP contribution < -0.4 is 10.7 Å². The molecule has 1 fully saturated rings. The van der Waals surface area contributed by atoms with Crippen molar-refractivity contribution in [1.29, 1.82) is 0 Å². The highest BCUT2D eigenvalue weighted by molar-refractivity contribution is 6.30. The molecule has 1 amide bonds. The number of nitrogens with zero attached hydrogens (tertiary/aromatic N) is 3. The van der Waals surface area contributed by atoms with Crippen LogP contribution in [-0.4, -0.2) is 33.7 Å². The minimum atomic E-state index is -0.518. The minimum absolute atomic E-state index is 0.147. The molecule has 7 heteroatoms. The van der Waals surface area contributed by atoms with Gasteiger partial charge in [0.05, 0.1) is 5.69 Å². The Bertz CT molecular complexity index is 1180. The summed E-state index contributed by atoms with van der Waals surface area (Å²) in [6.45, 7) is 2.51. The molecule has 0 spiro atoms. The molecule has 1 aliphatic rings. The lowest BCUT2D eigenvalue weighted by atomic mass is 9.94. The fourth-order valence-corrected chi connectivity index (χ4v) is 4.56. The van der Waals surface area contributed by atoms with E-state index in [1.807, 2.05) is 24.3 Å². The molecule has 33 heavy (non-hydrogen) atoms. The fraction of sp³-hybridized carbons (Fsp3) is 0.346. The summed E-state index contributed by atoms with van der Waals surface area (Å²) in [6.07, 6.45) is 6.28. The first-order valence-corrected chi connectivity index (χ1v) is 11.8. The standard InChI is InChI=1S/C26H29ClN4O2/c1-18-16-24(32)25(29-31(18)22-14-12-20(27)13-15-22)26(33)28-23-11-7-6-8-19(23)17-30(2)21-9-4-3-5-10-21/h6-8,11-16,21H,3-5,9-10,17H2,1-2H3,(H,28,33). The fourth-order valence-electron chi connectivity index (χ4n) is 4.43. The van der Waals surface area contributed by atoms with Crippen LogP contribution in [0.1, 0.15) is 53.8 Å². The number of aromatic nitrogens is 2. The van der Waals surface area contributed by atoms with Gasteiger partial charge in [-0.25, -0.2) is 4.68 Å². The number of aryl methyl sites for hydroxylation is 1. The van der Waals surface area contributed by atoms with E-state index in [9.17, 15) is 9.59 Å². The third-order valence-electron chi connectivity index (χ3n) is 6.28. The molecule has 0 atom stereocenters. The van der Waals surface area contributed by atoms with E-state index in [1.165, 1.54) is 38.2 Å². The summed E-state index contributed by atoms with van der Waals surface area (Å²) in [5.41, 5.74) is 2.51. The number of hydrogen-bond donors (Lipinski definition) is 1. The van der Waals surface area contributed by atoms with Gasteiger partial charge < -0.3 is 5.32 Å². The number of carbonyl (C=O) groups excluding carboxylic acids is 1. The Kier molecular flexibility index (Phi) is 7.26. The number of halogens is 1. The summed E-state index contributed by atoms with van der Waals surface area (Å²) in [6, 6.07) is 16.8. The smallest absolute Gasteiger partial charge is 0.280 e. The number of rotatable bonds is 6. The monoisotopic (exact) mass is 464 g/mol. The van der Waals surface area contributed by atoms with Crippen molar-refractivity contribution in [3.63, 3.8) is 0 Å². The molecule has 1 saturated carbocycles. The van der Waals surface area contributed by atoms with Crippen LogP contribution in [0.25, 0.3) is 5.69 Å². The molecular weight excluding hydrogens is 436 g/mol. The summed E-state index contributed by atoms with van der Waals surface area (Å²) in [7, 11) is 2.14. The molecule has 6 nitrogen and oxygen atoms in total. The SMILES string of the molecule is Cc1cc(=O)c(C(=O)Nc2ccccc2CN(C)C2CCCCC2)nn1-c1ccc(Cl)cc1. The lowest BCUT2D eigenvalue weighted by molar-refractivity contribution is 0.101. The van der Waals surface area contributed by atoms with Crippen molar-refractivity contribution in [3.05, 3.63) is 86.8 Å². The zero-order valence-electron chi connectivity index (χ0n) is 19.1. The highest BCUT2D eigenvalue weighted by atomic mass is 35.5. The summed E-state index contributed by atoms with van der Waals surface area (Å²) in [5.74, 6) is -0.518. The molecule has 172 valence electrons. The van der Waals surface area contributed by atoms with Gasteiger partial charge in [-0.1, -0.05) is 49.1 Å². The van der Waals surface area contributed by atoms with Crippen LogP contribution in [0.15, 0.2) is 59.4 Å². The number of amides is 1. The highest BCUT2D eigenvalue weighted by Crippen LogP contribution is 2.25. The lowest BCUT2D eigenvalue weighted by Crippen LogP contribution is -2.33. The van der Waals surface area contributed by atoms with E-state index < -0.39 is 11.3 Å². The predicted molar refractivity (Wildman–Crippen MR) is 132 cm³/mol. The molecule has 1 aromatic heterocycles. The molecule has 3 aromatic rings. The van der Waals surface area contributed by atoms with Gasteiger partial charge in [-0.3, -0.25) is 14.5 Å². The van der Waals surface area contributed by atoms with E-state index in [-0.39, 0.29) is 5.69 Å². The van der Waals surface area contributed by atoms with Gasteiger partial charge >= 0.3 is 0 Å². The first-order valence-electron chi connectivity index (χ1n) is 11.4. The maximum absolute atomic E-state index is 13.1. The number of hydrogen-bond acceptors (Lipinski definition) is 4. The Morgan fingerprint density at radius 2 is 1.82 bits per heavy atom. The maximum Gasteiger partial charge on any atom is 0.280 e. The molecule has 2 aromatic carbocycles. The van der Waals surface area contributed by atoms with Crippen LogP contribution in [0.2, 0.25) is 5.02 Å². The molecule has 0 bridgehead atoms. The Balaban J connectivity index is 1.57. The Hall–Kier alpha value is -2.96. The van der Waals surface area contributed by atoms with Crippen molar-refractivity contribution in [1.82, 2.24) is 14.7 Å². The normalized spacial score (nSPS) is 14.4. The van der Waals surface area contributed by atoms with Crippen molar-refractivity contribution < 1.29 is 4.79 Å². The van der Waals surface area contributed by atoms with Crippen molar-refractivity contribution in [2.75, 3.05) is 12.4 Å². The van der Waals surface area contributed by atoms with E-state index in [2.05, 4.69) is 22.4 Å². The van der Waals surface area contributed by atoms with Crippen LogP contribution in [0.5, 0.6) is 0 Å².